The molecule has 0 amide bonds. The van der Waals surface area contributed by atoms with E-state index in [1.165, 1.54) is 0 Å². The first-order valence-electron chi connectivity index (χ1n) is 4.07. The Bertz CT molecular complexity index is 495. The third-order valence-corrected chi connectivity index (χ3v) is 2.09. The number of nitriles is 1. The maximum Gasteiger partial charge on any atom is 0.0991 e. The third-order valence-electron chi connectivity index (χ3n) is 2.09. The fourth-order valence-electron chi connectivity index (χ4n) is 1.40. The van der Waals surface area contributed by atoms with Gasteiger partial charge in [-0.2, -0.15) is 5.26 Å². The van der Waals surface area contributed by atoms with E-state index in [4.69, 9.17) is 5.26 Å². The molecule has 2 aromatic rings. The summed E-state index contributed by atoms with van der Waals surface area (Å²) in [6.07, 6.45) is 1.76. The Morgan fingerprint density at radius 3 is 2.92 bits per heavy atom. The van der Waals surface area contributed by atoms with E-state index < -0.39 is 0 Å². The van der Waals surface area contributed by atoms with Gasteiger partial charge < -0.3 is 0 Å². The molecule has 1 aromatic heterocycles. The number of aromatic nitrogens is 1. The Kier molecular flexibility index (Phi) is 1.71. The number of benzene rings is 1. The molecule has 0 aliphatic carbocycles. The van der Waals surface area contributed by atoms with Crippen LogP contribution in [0.15, 0.2) is 30.5 Å². The molecule has 0 aliphatic rings. The van der Waals surface area contributed by atoms with Gasteiger partial charge in [-0.25, -0.2) is 0 Å². The van der Waals surface area contributed by atoms with E-state index in [-0.39, 0.29) is 0 Å². The quantitative estimate of drug-likeness (QED) is 0.605. The summed E-state index contributed by atoms with van der Waals surface area (Å²) >= 11 is 0. The van der Waals surface area contributed by atoms with Crippen LogP contribution in [-0.4, -0.2) is 4.98 Å². The van der Waals surface area contributed by atoms with Crippen molar-refractivity contribution < 1.29 is 0 Å². The van der Waals surface area contributed by atoms with Crippen LogP contribution in [0.3, 0.4) is 0 Å². The van der Waals surface area contributed by atoms with Crippen molar-refractivity contribution in [1.29, 1.82) is 5.26 Å². The molecule has 2 heteroatoms. The van der Waals surface area contributed by atoms with Crippen LogP contribution in [0, 0.1) is 18.3 Å². The summed E-state index contributed by atoms with van der Waals surface area (Å²) in [7, 11) is 0. The van der Waals surface area contributed by atoms with Gasteiger partial charge in [-0.15, -0.1) is 0 Å². The number of fused-ring (bicyclic) bond motifs is 1. The van der Waals surface area contributed by atoms with Gasteiger partial charge in [0.2, 0.25) is 0 Å². The smallest absolute Gasteiger partial charge is 0.0991 e. The van der Waals surface area contributed by atoms with E-state index in [2.05, 4.69) is 11.1 Å². The first-order chi connectivity index (χ1) is 6.31. The highest BCUT2D eigenvalue weighted by atomic mass is 14.7. The van der Waals surface area contributed by atoms with Crippen molar-refractivity contribution in [3.63, 3.8) is 0 Å². The lowest BCUT2D eigenvalue weighted by Crippen LogP contribution is -1.83. The molecule has 1 heterocycles. The standard InChI is InChI=1S/C11H8N2/c1-8-11-3-2-9(7-12)6-10(11)4-5-13-8/h2-6H,1H3. The normalized spacial score (nSPS) is 9.85. The lowest BCUT2D eigenvalue weighted by Gasteiger charge is -1.99. The Labute approximate surface area is 76.5 Å². The minimum Gasteiger partial charge on any atom is -0.261 e. The average molecular weight is 168 g/mol. The first-order valence-corrected chi connectivity index (χ1v) is 4.07. The van der Waals surface area contributed by atoms with Crippen LogP contribution >= 0.6 is 0 Å². The number of hydrogen-bond donors (Lipinski definition) is 0. The molecular weight excluding hydrogens is 160 g/mol. The van der Waals surface area contributed by atoms with Gasteiger partial charge in [-0.3, -0.25) is 4.98 Å². The summed E-state index contributed by atoms with van der Waals surface area (Å²) in [5.74, 6) is 0. The maximum atomic E-state index is 8.70. The van der Waals surface area contributed by atoms with Gasteiger partial charge in [0.05, 0.1) is 11.6 Å². The lowest BCUT2D eigenvalue weighted by atomic mass is 10.1. The predicted molar refractivity (Wildman–Crippen MR) is 51.2 cm³/mol. The summed E-state index contributed by atoms with van der Waals surface area (Å²) in [4.78, 5) is 4.18. The van der Waals surface area contributed by atoms with Crippen molar-refractivity contribution in [3.05, 3.63) is 41.7 Å². The lowest BCUT2D eigenvalue weighted by molar-refractivity contribution is 1.24. The predicted octanol–water partition coefficient (Wildman–Crippen LogP) is 2.41. The number of hydrogen-bond acceptors (Lipinski definition) is 2. The van der Waals surface area contributed by atoms with Crippen LogP contribution in [0.25, 0.3) is 10.8 Å². The molecule has 0 fully saturated rings. The summed E-state index contributed by atoms with van der Waals surface area (Å²) < 4.78 is 0. The summed E-state index contributed by atoms with van der Waals surface area (Å²) in [6, 6.07) is 9.67. The minimum absolute atomic E-state index is 0.693. The van der Waals surface area contributed by atoms with Crippen molar-refractivity contribution in [3.8, 4) is 6.07 Å². The van der Waals surface area contributed by atoms with Crippen LogP contribution in [0.4, 0.5) is 0 Å². The molecule has 0 spiro atoms. The van der Waals surface area contributed by atoms with Crippen molar-refractivity contribution in [1.82, 2.24) is 4.98 Å². The number of rotatable bonds is 0. The van der Waals surface area contributed by atoms with Crippen molar-refractivity contribution in [2.45, 2.75) is 6.92 Å². The molecule has 0 saturated heterocycles. The second kappa shape index (κ2) is 2.87. The summed E-state index contributed by atoms with van der Waals surface area (Å²) in [5, 5.41) is 10.9. The zero-order chi connectivity index (χ0) is 9.26. The molecule has 2 rings (SSSR count). The number of aryl methyl sites for hydroxylation is 1. The Balaban J connectivity index is 2.82. The van der Waals surface area contributed by atoms with Gasteiger partial charge in [-0.1, -0.05) is 6.07 Å². The van der Waals surface area contributed by atoms with Crippen molar-refractivity contribution >= 4 is 10.8 Å². The fraction of sp³-hybridized carbons (Fsp3) is 0.0909. The zero-order valence-corrected chi connectivity index (χ0v) is 7.28. The van der Waals surface area contributed by atoms with Gasteiger partial charge in [0.15, 0.2) is 0 Å². The number of pyridine rings is 1. The molecular formula is C11H8N2. The molecule has 2 nitrogen and oxygen atoms in total. The monoisotopic (exact) mass is 168 g/mol. The SMILES string of the molecule is Cc1nccc2cc(C#N)ccc12. The fourth-order valence-corrected chi connectivity index (χ4v) is 1.40. The highest BCUT2D eigenvalue weighted by Gasteiger charge is 1.98. The van der Waals surface area contributed by atoms with Gasteiger partial charge in [0.25, 0.3) is 0 Å². The largest absolute Gasteiger partial charge is 0.261 e. The van der Waals surface area contributed by atoms with Crippen LogP contribution in [0.1, 0.15) is 11.3 Å². The Morgan fingerprint density at radius 2 is 2.15 bits per heavy atom. The van der Waals surface area contributed by atoms with Gasteiger partial charge in [-0.05, 0) is 30.5 Å². The number of nitrogens with zero attached hydrogens (tertiary/aromatic N) is 2. The minimum atomic E-state index is 0.693. The van der Waals surface area contributed by atoms with E-state index in [1.807, 2.05) is 31.2 Å². The Hall–Kier alpha value is -1.88. The first kappa shape index (κ1) is 7.75. The van der Waals surface area contributed by atoms with E-state index in [9.17, 15) is 0 Å². The molecule has 62 valence electrons. The second-order valence-electron chi connectivity index (χ2n) is 2.94. The average Bonchev–Trinajstić information content (AvgIpc) is 2.18. The van der Waals surface area contributed by atoms with Crippen LogP contribution in [0.2, 0.25) is 0 Å². The van der Waals surface area contributed by atoms with E-state index in [1.54, 1.807) is 6.20 Å². The van der Waals surface area contributed by atoms with Crippen molar-refractivity contribution in [2.24, 2.45) is 0 Å². The molecule has 13 heavy (non-hydrogen) atoms. The van der Waals surface area contributed by atoms with Crippen molar-refractivity contribution in [2.75, 3.05) is 0 Å². The van der Waals surface area contributed by atoms with Gasteiger partial charge in [0, 0.05) is 17.3 Å². The summed E-state index contributed by atoms with van der Waals surface area (Å²) in [6.45, 7) is 1.97. The van der Waals surface area contributed by atoms with Crippen LogP contribution in [0.5, 0.6) is 0 Å². The summed E-state index contributed by atoms with van der Waals surface area (Å²) in [5.41, 5.74) is 1.69. The van der Waals surface area contributed by atoms with Gasteiger partial charge >= 0.3 is 0 Å². The molecule has 0 radical (unpaired) electrons. The second-order valence-corrected chi connectivity index (χ2v) is 2.94. The zero-order valence-electron chi connectivity index (χ0n) is 7.28. The molecule has 0 unspecified atom stereocenters. The van der Waals surface area contributed by atoms with Crippen LogP contribution in [-0.2, 0) is 0 Å². The molecule has 0 saturated carbocycles. The van der Waals surface area contributed by atoms with E-state index in [0.29, 0.717) is 5.56 Å². The van der Waals surface area contributed by atoms with E-state index >= 15 is 0 Å². The highest BCUT2D eigenvalue weighted by Crippen LogP contribution is 2.17. The molecule has 0 N–H and O–H groups in total. The van der Waals surface area contributed by atoms with Crippen LogP contribution < -0.4 is 0 Å². The highest BCUT2D eigenvalue weighted by molar-refractivity contribution is 5.85. The topological polar surface area (TPSA) is 36.7 Å². The Morgan fingerprint density at radius 1 is 1.31 bits per heavy atom. The van der Waals surface area contributed by atoms with E-state index in [0.717, 1.165) is 16.5 Å². The third kappa shape index (κ3) is 1.25. The maximum absolute atomic E-state index is 8.70. The van der Waals surface area contributed by atoms with Gasteiger partial charge in [0.1, 0.15) is 0 Å². The molecule has 0 bridgehead atoms. The molecule has 0 aliphatic heterocycles. The molecule has 0 atom stereocenters. The molecule has 1 aromatic carbocycles.